The van der Waals surface area contributed by atoms with Crippen LogP contribution in [-0.2, 0) is 9.31 Å². The van der Waals surface area contributed by atoms with E-state index in [-0.39, 0.29) is 0 Å². The van der Waals surface area contributed by atoms with Gasteiger partial charge in [-0.2, -0.15) is 0 Å². The summed E-state index contributed by atoms with van der Waals surface area (Å²) in [5.41, 5.74) is 4.68. The van der Waals surface area contributed by atoms with E-state index in [4.69, 9.17) is 15.0 Å². The van der Waals surface area contributed by atoms with Crippen LogP contribution in [0.2, 0.25) is 0 Å². The Balaban J connectivity index is 2.20. The topological polar surface area (TPSA) is 61.5 Å². The first-order valence-electron chi connectivity index (χ1n) is 4.83. The van der Waals surface area contributed by atoms with Crippen molar-refractivity contribution in [3.05, 3.63) is 29.3 Å². The summed E-state index contributed by atoms with van der Waals surface area (Å²) in [4.78, 5) is 11.5. The monoisotopic (exact) mass is 237 g/mol. The molecule has 1 aromatic heterocycles. The van der Waals surface area contributed by atoms with Crippen LogP contribution < -0.4 is 10.5 Å². The number of carbonyl (C=O) groups excluding carboxylic acids is 1. The minimum absolute atomic E-state index is 0.438. The van der Waals surface area contributed by atoms with Gasteiger partial charge in [0.2, 0.25) is 0 Å². The molecule has 0 atom stereocenters. The van der Waals surface area contributed by atoms with Gasteiger partial charge in [0.15, 0.2) is 0 Å². The Labute approximate surface area is 98.2 Å². The highest BCUT2D eigenvalue weighted by molar-refractivity contribution is 7.23. The average Bonchev–Trinajstić information content (AvgIpc) is 2.72. The van der Waals surface area contributed by atoms with Crippen LogP contribution in [0.3, 0.4) is 0 Å². The molecule has 1 amide bonds. The van der Waals surface area contributed by atoms with Crippen LogP contribution in [0.25, 0.3) is 0 Å². The third kappa shape index (κ3) is 1.86. The van der Waals surface area contributed by atoms with Gasteiger partial charge in [-0.1, -0.05) is 6.58 Å². The molecule has 0 radical (unpaired) electrons. The lowest BCUT2D eigenvalue weighted by molar-refractivity contribution is 0.100. The molecule has 1 saturated heterocycles. The van der Waals surface area contributed by atoms with Gasteiger partial charge >= 0.3 is 7.12 Å². The summed E-state index contributed by atoms with van der Waals surface area (Å²) in [7, 11) is -0.486. The van der Waals surface area contributed by atoms with E-state index < -0.39 is 18.6 Å². The predicted octanol–water partition coefficient (Wildman–Crippen LogP) is 0.881. The van der Waals surface area contributed by atoms with Gasteiger partial charge in [-0.15, -0.1) is 11.3 Å². The van der Waals surface area contributed by atoms with Crippen LogP contribution in [0.15, 0.2) is 24.5 Å². The summed E-state index contributed by atoms with van der Waals surface area (Å²) < 4.78 is 12.0. The van der Waals surface area contributed by atoms with Crippen LogP contribution in [0.4, 0.5) is 0 Å². The maximum absolute atomic E-state index is 11.0. The zero-order valence-corrected chi connectivity index (χ0v) is 9.97. The van der Waals surface area contributed by atoms with Crippen molar-refractivity contribution in [1.29, 1.82) is 0 Å². The van der Waals surface area contributed by atoms with Crippen molar-refractivity contribution in [1.82, 2.24) is 0 Å². The minimum Gasteiger partial charge on any atom is -0.533 e. The van der Waals surface area contributed by atoms with Gasteiger partial charge in [0.1, 0.15) is 5.60 Å². The standard InChI is InChI=1S/C10H12BNO3S/c1-6-10(2,3)15-11(14-6)8-5-4-7(16-8)9(12)13/h4-5H,1H2,2-3H3,(H2,12,13). The molecule has 0 saturated carbocycles. The zero-order valence-electron chi connectivity index (χ0n) is 9.15. The number of rotatable bonds is 2. The number of amides is 1. The molecule has 1 aromatic rings. The molecule has 1 aliphatic heterocycles. The largest absolute Gasteiger partial charge is 0.574 e. The predicted molar refractivity (Wildman–Crippen MR) is 63.6 cm³/mol. The smallest absolute Gasteiger partial charge is 0.533 e. The van der Waals surface area contributed by atoms with Crippen molar-refractivity contribution in [2.24, 2.45) is 5.73 Å². The van der Waals surface area contributed by atoms with E-state index in [0.29, 0.717) is 10.6 Å². The van der Waals surface area contributed by atoms with Gasteiger partial charge < -0.3 is 15.0 Å². The molecule has 0 aromatic carbocycles. The Hall–Kier alpha value is -1.27. The number of carbonyl (C=O) groups is 1. The first kappa shape index (κ1) is 11.2. The third-order valence-corrected chi connectivity index (χ3v) is 3.55. The van der Waals surface area contributed by atoms with Gasteiger partial charge in [0.05, 0.1) is 15.4 Å². The van der Waals surface area contributed by atoms with Crippen molar-refractivity contribution in [2.45, 2.75) is 19.4 Å². The summed E-state index contributed by atoms with van der Waals surface area (Å²) in [5.74, 6) is 0.152. The lowest BCUT2D eigenvalue weighted by Gasteiger charge is -2.15. The maximum Gasteiger partial charge on any atom is 0.574 e. The minimum atomic E-state index is -0.498. The van der Waals surface area contributed by atoms with Gasteiger partial charge in [0.25, 0.3) is 5.91 Å². The quantitative estimate of drug-likeness (QED) is 0.776. The molecule has 0 aliphatic carbocycles. The van der Waals surface area contributed by atoms with Crippen LogP contribution in [0, 0.1) is 0 Å². The summed E-state index contributed by atoms with van der Waals surface area (Å²) in [6.45, 7) is 7.56. The highest BCUT2D eigenvalue weighted by Crippen LogP contribution is 2.29. The summed E-state index contributed by atoms with van der Waals surface area (Å²) >= 11 is 1.28. The molecule has 16 heavy (non-hydrogen) atoms. The Morgan fingerprint density at radius 3 is 2.69 bits per heavy atom. The van der Waals surface area contributed by atoms with Crippen molar-refractivity contribution in [3.8, 4) is 0 Å². The number of hydrogen-bond donors (Lipinski definition) is 1. The number of nitrogens with two attached hydrogens (primary N) is 1. The lowest BCUT2D eigenvalue weighted by atomic mass is 9.88. The second-order valence-electron chi connectivity index (χ2n) is 4.07. The van der Waals surface area contributed by atoms with Crippen LogP contribution in [0.1, 0.15) is 23.5 Å². The average molecular weight is 237 g/mol. The highest BCUT2D eigenvalue weighted by atomic mass is 32.1. The fraction of sp³-hybridized carbons (Fsp3) is 0.300. The molecule has 2 N–H and O–H groups in total. The van der Waals surface area contributed by atoms with E-state index in [1.807, 2.05) is 13.8 Å². The first-order valence-corrected chi connectivity index (χ1v) is 5.65. The van der Waals surface area contributed by atoms with Crippen molar-refractivity contribution in [2.75, 3.05) is 0 Å². The van der Waals surface area contributed by atoms with E-state index in [1.165, 1.54) is 11.3 Å². The van der Waals surface area contributed by atoms with E-state index in [1.54, 1.807) is 12.1 Å². The third-order valence-electron chi connectivity index (χ3n) is 2.42. The fourth-order valence-corrected chi connectivity index (χ4v) is 2.18. The Morgan fingerprint density at radius 2 is 2.25 bits per heavy atom. The molecular formula is C10H12BNO3S. The van der Waals surface area contributed by atoms with Gasteiger partial charge in [-0.3, -0.25) is 4.79 Å². The molecular weight excluding hydrogens is 225 g/mol. The van der Waals surface area contributed by atoms with Crippen LogP contribution >= 0.6 is 11.3 Å². The molecule has 2 heterocycles. The molecule has 4 nitrogen and oxygen atoms in total. The Morgan fingerprint density at radius 1 is 1.56 bits per heavy atom. The first-order chi connectivity index (χ1) is 7.40. The molecule has 1 fully saturated rings. The van der Waals surface area contributed by atoms with E-state index in [0.717, 1.165) is 4.78 Å². The molecule has 2 rings (SSSR count). The van der Waals surface area contributed by atoms with E-state index in [2.05, 4.69) is 6.58 Å². The normalized spacial score (nSPS) is 18.6. The molecule has 6 heteroatoms. The van der Waals surface area contributed by atoms with Crippen LogP contribution in [0.5, 0.6) is 0 Å². The second-order valence-corrected chi connectivity index (χ2v) is 5.18. The highest BCUT2D eigenvalue weighted by Gasteiger charge is 2.43. The Kier molecular flexibility index (Phi) is 2.55. The molecule has 0 unspecified atom stereocenters. The van der Waals surface area contributed by atoms with E-state index >= 15 is 0 Å². The van der Waals surface area contributed by atoms with Gasteiger partial charge in [0, 0.05) is 0 Å². The molecule has 84 valence electrons. The summed E-state index contributed by atoms with van der Waals surface area (Å²) in [6, 6.07) is 3.45. The number of primary amides is 1. The second kappa shape index (κ2) is 3.64. The summed E-state index contributed by atoms with van der Waals surface area (Å²) in [5, 5.41) is 0. The molecule has 0 spiro atoms. The van der Waals surface area contributed by atoms with Crippen molar-refractivity contribution < 1.29 is 14.1 Å². The lowest BCUT2D eigenvalue weighted by Crippen LogP contribution is -2.32. The van der Waals surface area contributed by atoms with Crippen LogP contribution in [-0.4, -0.2) is 18.6 Å². The van der Waals surface area contributed by atoms with E-state index in [9.17, 15) is 4.79 Å². The fourth-order valence-electron chi connectivity index (χ4n) is 1.36. The van der Waals surface area contributed by atoms with Gasteiger partial charge in [-0.05, 0) is 26.0 Å². The number of hydrogen-bond acceptors (Lipinski definition) is 4. The zero-order chi connectivity index (χ0) is 11.9. The maximum atomic E-state index is 11.0. The number of thiophene rings is 1. The SMILES string of the molecule is C=C1OB(c2ccc(C(N)=O)s2)OC1(C)C. The molecule has 1 aliphatic rings. The summed E-state index contributed by atoms with van der Waals surface area (Å²) in [6.07, 6.45) is 0. The van der Waals surface area contributed by atoms with Crippen molar-refractivity contribution >= 4 is 29.1 Å². The van der Waals surface area contributed by atoms with Gasteiger partial charge in [-0.25, -0.2) is 0 Å². The Bertz CT molecular complexity index is 455. The molecule has 0 bridgehead atoms. The van der Waals surface area contributed by atoms with Crippen molar-refractivity contribution in [3.63, 3.8) is 0 Å².